The number of hydrogen-bond acceptors (Lipinski definition) is 7. The molecular formula is C27H32N8. The van der Waals surface area contributed by atoms with Crippen molar-refractivity contribution in [3.63, 3.8) is 0 Å². The summed E-state index contributed by atoms with van der Waals surface area (Å²) in [5.41, 5.74) is 6.31. The quantitative estimate of drug-likeness (QED) is 0.411. The van der Waals surface area contributed by atoms with E-state index in [0.29, 0.717) is 6.42 Å². The Morgan fingerprint density at radius 3 is 2.77 bits per heavy atom. The first-order valence-electron chi connectivity index (χ1n) is 12.6. The third kappa shape index (κ3) is 5.33. The lowest BCUT2D eigenvalue weighted by molar-refractivity contribution is 0.233. The van der Waals surface area contributed by atoms with Crippen LogP contribution in [0.3, 0.4) is 0 Å². The van der Waals surface area contributed by atoms with Gasteiger partial charge in [-0.05, 0) is 48.6 Å². The number of imidazole rings is 1. The van der Waals surface area contributed by atoms with Gasteiger partial charge in [0.25, 0.3) is 0 Å². The van der Waals surface area contributed by atoms with Gasteiger partial charge in [0.15, 0.2) is 0 Å². The molecule has 2 fully saturated rings. The van der Waals surface area contributed by atoms with Crippen LogP contribution in [-0.4, -0.2) is 69.6 Å². The molecular weight excluding hydrogens is 436 g/mol. The zero-order chi connectivity index (χ0) is 23.6. The van der Waals surface area contributed by atoms with Crippen molar-refractivity contribution in [3.05, 3.63) is 66.0 Å². The zero-order valence-electron chi connectivity index (χ0n) is 20.2. The van der Waals surface area contributed by atoms with Crippen LogP contribution >= 0.6 is 0 Å². The average molecular weight is 469 g/mol. The van der Waals surface area contributed by atoms with Crippen molar-refractivity contribution in [2.75, 3.05) is 44.7 Å². The molecule has 1 aliphatic heterocycles. The Morgan fingerprint density at radius 1 is 1.03 bits per heavy atom. The Hall–Kier alpha value is -3.36. The van der Waals surface area contributed by atoms with Gasteiger partial charge in [-0.1, -0.05) is 6.07 Å². The predicted molar refractivity (Wildman–Crippen MR) is 138 cm³/mol. The average Bonchev–Trinajstić information content (AvgIpc) is 3.61. The van der Waals surface area contributed by atoms with E-state index in [1.807, 2.05) is 6.20 Å². The Bertz CT molecular complexity index is 1310. The Labute approximate surface area is 205 Å². The fourth-order valence-electron chi connectivity index (χ4n) is 4.82. The second kappa shape index (κ2) is 9.71. The Balaban J connectivity index is 1.18. The molecule has 180 valence electrons. The van der Waals surface area contributed by atoms with Crippen LogP contribution < -0.4 is 10.2 Å². The molecule has 0 spiro atoms. The number of nitrogens with zero attached hydrogens (tertiary/aromatic N) is 6. The van der Waals surface area contributed by atoms with Gasteiger partial charge in [0.05, 0.1) is 16.7 Å². The molecule has 8 heteroatoms. The largest absolute Gasteiger partial charge is 0.359 e. The first-order valence-corrected chi connectivity index (χ1v) is 12.6. The van der Waals surface area contributed by atoms with Gasteiger partial charge in [-0.15, -0.1) is 0 Å². The second-order valence-corrected chi connectivity index (χ2v) is 9.86. The summed E-state index contributed by atoms with van der Waals surface area (Å²) in [4.78, 5) is 26.7. The van der Waals surface area contributed by atoms with Gasteiger partial charge in [-0.25, -0.2) is 15.0 Å². The number of rotatable bonds is 8. The van der Waals surface area contributed by atoms with Crippen molar-refractivity contribution >= 4 is 16.9 Å². The third-order valence-electron chi connectivity index (χ3n) is 6.94. The van der Waals surface area contributed by atoms with Crippen LogP contribution in [0.25, 0.3) is 22.3 Å². The predicted octanol–water partition coefficient (Wildman–Crippen LogP) is 3.26. The summed E-state index contributed by atoms with van der Waals surface area (Å²) in [7, 11) is 2.11. The summed E-state index contributed by atoms with van der Waals surface area (Å²) < 4.78 is 0. The van der Waals surface area contributed by atoms with Crippen LogP contribution in [0.1, 0.15) is 29.9 Å². The van der Waals surface area contributed by atoms with Crippen LogP contribution in [0.5, 0.6) is 0 Å². The number of aromatic amines is 1. The van der Waals surface area contributed by atoms with Crippen LogP contribution in [0.15, 0.2) is 48.9 Å². The van der Waals surface area contributed by atoms with Crippen LogP contribution in [0.2, 0.25) is 0 Å². The number of piperazine rings is 1. The maximum atomic E-state index is 4.82. The van der Waals surface area contributed by atoms with Crippen LogP contribution in [0.4, 0.5) is 5.82 Å². The summed E-state index contributed by atoms with van der Waals surface area (Å²) in [6.07, 6.45) is 6.92. The molecule has 0 radical (unpaired) electrons. The molecule has 0 amide bonds. The number of H-pyrrole nitrogens is 1. The minimum atomic E-state index is 0.684. The molecule has 1 aromatic carbocycles. The molecule has 4 aromatic rings. The highest BCUT2D eigenvalue weighted by Crippen LogP contribution is 2.31. The van der Waals surface area contributed by atoms with E-state index >= 15 is 0 Å². The summed E-state index contributed by atoms with van der Waals surface area (Å²) in [5, 5.41) is 3.41. The number of pyridine rings is 1. The van der Waals surface area contributed by atoms with Gasteiger partial charge >= 0.3 is 0 Å². The van der Waals surface area contributed by atoms with Gasteiger partial charge < -0.3 is 15.2 Å². The minimum Gasteiger partial charge on any atom is -0.359 e. The van der Waals surface area contributed by atoms with Crippen molar-refractivity contribution in [1.29, 1.82) is 0 Å². The van der Waals surface area contributed by atoms with E-state index in [1.54, 1.807) is 6.33 Å². The Morgan fingerprint density at radius 2 is 1.91 bits per heavy atom. The molecule has 0 unspecified atom stereocenters. The van der Waals surface area contributed by atoms with E-state index in [-0.39, 0.29) is 0 Å². The standard InChI is InChI=1S/C27H32N8/c1-34(16-19-2-3-19)27-15-24(30-18-31-27)21-4-5-23-25(13-21)33-26(32-23)14-22-12-20(6-7-29-22)17-35-10-8-28-9-11-35/h4-7,12-13,15,18-19,28H,2-3,8-11,14,16-17H2,1H3,(H,32,33). The van der Waals surface area contributed by atoms with Gasteiger partial charge in [-0.2, -0.15) is 0 Å². The van der Waals surface area contributed by atoms with Crippen molar-refractivity contribution in [3.8, 4) is 11.3 Å². The normalized spacial score (nSPS) is 16.6. The van der Waals surface area contributed by atoms with Gasteiger partial charge in [-0.3, -0.25) is 9.88 Å². The summed E-state index contributed by atoms with van der Waals surface area (Å²) >= 11 is 0. The van der Waals surface area contributed by atoms with E-state index in [2.05, 4.69) is 78.5 Å². The zero-order valence-corrected chi connectivity index (χ0v) is 20.2. The van der Waals surface area contributed by atoms with Gasteiger partial charge in [0.1, 0.15) is 18.0 Å². The monoisotopic (exact) mass is 468 g/mol. The van der Waals surface area contributed by atoms with Crippen LogP contribution in [-0.2, 0) is 13.0 Å². The number of anilines is 1. The molecule has 1 saturated carbocycles. The van der Waals surface area contributed by atoms with E-state index in [4.69, 9.17) is 4.98 Å². The number of aromatic nitrogens is 5. The Kier molecular flexibility index (Phi) is 6.14. The third-order valence-corrected chi connectivity index (χ3v) is 6.94. The number of benzene rings is 1. The number of fused-ring (bicyclic) bond motifs is 1. The van der Waals surface area contributed by atoms with Crippen LogP contribution in [0, 0.1) is 5.92 Å². The van der Waals surface area contributed by atoms with Gasteiger partial charge in [0.2, 0.25) is 0 Å². The molecule has 6 rings (SSSR count). The lowest BCUT2D eigenvalue weighted by Gasteiger charge is -2.27. The number of nitrogens with one attached hydrogen (secondary N) is 2. The van der Waals surface area contributed by atoms with Crippen molar-refractivity contribution in [2.45, 2.75) is 25.8 Å². The first-order chi connectivity index (χ1) is 17.2. The molecule has 4 heterocycles. The first kappa shape index (κ1) is 22.1. The lowest BCUT2D eigenvalue weighted by Crippen LogP contribution is -2.42. The fourth-order valence-corrected chi connectivity index (χ4v) is 4.82. The summed E-state index contributed by atoms with van der Waals surface area (Å²) in [6, 6.07) is 12.7. The maximum absolute atomic E-state index is 4.82. The highest BCUT2D eigenvalue weighted by atomic mass is 15.2. The van der Waals surface area contributed by atoms with E-state index in [9.17, 15) is 0 Å². The lowest BCUT2D eigenvalue weighted by atomic mass is 10.1. The number of hydrogen-bond donors (Lipinski definition) is 2. The molecule has 3 aromatic heterocycles. The molecule has 1 saturated heterocycles. The van der Waals surface area contributed by atoms with Crippen molar-refractivity contribution in [2.24, 2.45) is 5.92 Å². The molecule has 2 aliphatic rings. The van der Waals surface area contributed by atoms with Gasteiger partial charge in [0, 0.05) is 76.3 Å². The SMILES string of the molecule is CN(CC1CC1)c1cc(-c2ccc3nc(Cc4cc(CN5CCNCC5)ccn4)[nH]c3c2)ncn1. The second-order valence-electron chi connectivity index (χ2n) is 9.86. The molecule has 2 N–H and O–H groups in total. The maximum Gasteiger partial charge on any atom is 0.132 e. The fraction of sp³-hybridized carbons (Fsp3) is 0.407. The van der Waals surface area contributed by atoms with E-state index < -0.39 is 0 Å². The molecule has 0 atom stereocenters. The molecule has 1 aliphatic carbocycles. The van der Waals surface area contributed by atoms with E-state index in [1.165, 1.54) is 18.4 Å². The highest BCUT2D eigenvalue weighted by Gasteiger charge is 2.23. The minimum absolute atomic E-state index is 0.684. The topological polar surface area (TPSA) is 85.9 Å². The van der Waals surface area contributed by atoms with Crippen molar-refractivity contribution in [1.82, 2.24) is 35.1 Å². The summed E-state index contributed by atoms with van der Waals surface area (Å²) in [5.74, 6) is 2.71. The molecule has 0 bridgehead atoms. The molecule has 35 heavy (non-hydrogen) atoms. The van der Waals surface area contributed by atoms with E-state index in [0.717, 1.165) is 84.8 Å². The molecule has 8 nitrogen and oxygen atoms in total. The smallest absolute Gasteiger partial charge is 0.132 e. The summed E-state index contributed by atoms with van der Waals surface area (Å²) in [6.45, 7) is 6.34. The highest BCUT2D eigenvalue weighted by molar-refractivity contribution is 5.81. The van der Waals surface area contributed by atoms with Crippen molar-refractivity contribution < 1.29 is 0 Å².